The molecule has 0 aliphatic carbocycles. The van der Waals surface area contributed by atoms with Crippen molar-refractivity contribution in [3.63, 3.8) is 0 Å². The van der Waals surface area contributed by atoms with Gasteiger partial charge >= 0.3 is 0 Å². The number of anilines is 2. The maximum atomic E-state index is 13.5. The van der Waals surface area contributed by atoms with E-state index >= 15 is 0 Å². The Morgan fingerprint density at radius 1 is 1.06 bits per heavy atom. The fourth-order valence-electron chi connectivity index (χ4n) is 1.66. The summed E-state index contributed by atoms with van der Waals surface area (Å²) in [6, 6.07) is 9.92. The van der Waals surface area contributed by atoms with Gasteiger partial charge in [-0.2, -0.15) is 0 Å². The summed E-state index contributed by atoms with van der Waals surface area (Å²) in [7, 11) is 0. The van der Waals surface area contributed by atoms with E-state index in [-0.39, 0.29) is 11.4 Å². The molecule has 0 atom stereocenters. The van der Waals surface area contributed by atoms with Gasteiger partial charge in [0.2, 0.25) is 0 Å². The molecule has 0 bridgehead atoms. The molecule has 0 radical (unpaired) electrons. The average molecular weight is 248 g/mol. The number of hydrogen-bond acceptors (Lipinski definition) is 2. The maximum Gasteiger partial charge on any atom is 0.151 e. The maximum absolute atomic E-state index is 13.5. The Hall–Kier alpha value is -2.10. The summed E-state index contributed by atoms with van der Waals surface area (Å²) in [5, 5.41) is 2.74. The predicted octanol–water partition coefficient (Wildman–Crippen LogP) is 3.47. The third kappa shape index (κ3) is 2.77. The van der Waals surface area contributed by atoms with Crippen molar-refractivity contribution < 1.29 is 8.78 Å². The molecular formula is C14H14F2N2. The lowest BCUT2D eigenvalue weighted by Crippen LogP contribution is -2.04. The van der Waals surface area contributed by atoms with Crippen LogP contribution in [-0.4, -0.2) is 0 Å². The van der Waals surface area contributed by atoms with Gasteiger partial charge in [-0.05, 0) is 24.6 Å². The van der Waals surface area contributed by atoms with Gasteiger partial charge in [0.25, 0.3) is 0 Å². The first-order valence-electron chi connectivity index (χ1n) is 5.60. The average Bonchev–Trinajstić information content (AvgIpc) is 2.30. The van der Waals surface area contributed by atoms with Crippen LogP contribution in [0, 0.1) is 18.6 Å². The second kappa shape index (κ2) is 5.04. The topological polar surface area (TPSA) is 38.0 Å². The third-order valence-electron chi connectivity index (χ3n) is 2.65. The van der Waals surface area contributed by atoms with Crippen molar-refractivity contribution in [3.8, 4) is 0 Å². The van der Waals surface area contributed by atoms with E-state index in [0.717, 1.165) is 23.3 Å². The smallest absolute Gasteiger partial charge is 0.151 e. The molecule has 3 N–H and O–H groups in total. The number of aryl methyl sites for hydroxylation is 1. The van der Waals surface area contributed by atoms with Crippen molar-refractivity contribution in [2.45, 2.75) is 13.5 Å². The van der Waals surface area contributed by atoms with E-state index in [4.69, 9.17) is 5.73 Å². The van der Waals surface area contributed by atoms with Gasteiger partial charge in [-0.1, -0.05) is 29.8 Å². The van der Waals surface area contributed by atoms with Crippen LogP contribution in [0.25, 0.3) is 0 Å². The lowest BCUT2D eigenvalue weighted by molar-refractivity contribution is 0.589. The minimum atomic E-state index is -0.681. The molecule has 0 saturated carbocycles. The van der Waals surface area contributed by atoms with Crippen molar-refractivity contribution >= 4 is 11.4 Å². The fourth-order valence-corrected chi connectivity index (χ4v) is 1.66. The van der Waals surface area contributed by atoms with Crippen molar-refractivity contribution in [1.29, 1.82) is 0 Å². The number of benzene rings is 2. The quantitative estimate of drug-likeness (QED) is 0.816. The molecule has 0 unspecified atom stereocenters. The monoisotopic (exact) mass is 248 g/mol. The molecule has 94 valence electrons. The van der Waals surface area contributed by atoms with E-state index in [2.05, 4.69) is 5.32 Å². The van der Waals surface area contributed by atoms with E-state index in [0.29, 0.717) is 6.54 Å². The molecule has 2 aromatic rings. The van der Waals surface area contributed by atoms with Gasteiger partial charge in [0.15, 0.2) is 11.6 Å². The molecule has 0 aromatic heterocycles. The first-order chi connectivity index (χ1) is 8.56. The molecule has 2 nitrogen and oxygen atoms in total. The van der Waals surface area contributed by atoms with Gasteiger partial charge in [0.1, 0.15) is 5.69 Å². The molecule has 0 heterocycles. The van der Waals surface area contributed by atoms with Crippen LogP contribution >= 0.6 is 0 Å². The van der Waals surface area contributed by atoms with E-state index in [1.54, 1.807) is 0 Å². The molecule has 0 aliphatic heterocycles. The van der Waals surface area contributed by atoms with E-state index in [1.165, 1.54) is 0 Å². The van der Waals surface area contributed by atoms with E-state index < -0.39 is 11.6 Å². The Morgan fingerprint density at radius 3 is 2.17 bits per heavy atom. The number of rotatable bonds is 3. The number of nitrogen functional groups attached to an aromatic ring is 1. The number of hydrogen-bond donors (Lipinski definition) is 2. The highest BCUT2D eigenvalue weighted by Gasteiger charge is 2.09. The second-order valence-electron chi connectivity index (χ2n) is 4.20. The lowest BCUT2D eigenvalue weighted by atomic mass is 10.1. The zero-order chi connectivity index (χ0) is 13.1. The summed E-state index contributed by atoms with van der Waals surface area (Å²) in [5.41, 5.74) is 7.37. The van der Waals surface area contributed by atoms with Crippen molar-refractivity contribution in [2.24, 2.45) is 0 Å². The first-order valence-corrected chi connectivity index (χ1v) is 5.60. The molecule has 0 aliphatic rings. The zero-order valence-electron chi connectivity index (χ0n) is 10.0. The highest BCUT2D eigenvalue weighted by Crippen LogP contribution is 2.22. The van der Waals surface area contributed by atoms with Gasteiger partial charge < -0.3 is 11.1 Å². The van der Waals surface area contributed by atoms with Crippen molar-refractivity contribution in [3.05, 3.63) is 59.2 Å². The Balaban J connectivity index is 2.13. The largest absolute Gasteiger partial charge is 0.399 e. The number of nitrogens with two attached hydrogens (primary N) is 1. The number of halogens is 2. The fraction of sp³-hybridized carbons (Fsp3) is 0.143. The van der Waals surface area contributed by atoms with Gasteiger partial charge in [0, 0.05) is 12.2 Å². The Morgan fingerprint density at radius 2 is 1.61 bits per heavy atom. The summed E-state index contributed by atoms with van der Waals surface area (Å²) >= 11 is 0. The standard InChI is InChI=1S/C14H14F2N2/c1-9-2-4-10(5-3-9)8-18-14-12(15)6-11(17)7-13(14)16/h2-7,18H,8,17H2,1H3. The minimum absolute atomic E-state index is 0.0749. The summed E-state index contributed by atoms with van der Waals surface area (Å²) < 4.78 is 27.0. The van der Waals surface area contributed by atoms with Crippen LogP contribution in [0.15, 0.2) is 36.4 Å². The van der Waals surface area contributed by atoms with Gasteiger partial charge in [-0.25, -0.2) is 8.78 Å². The summed E-state index contributed by atoms with van der Waals surface area (Å²) in [5.74, 6) is -1.36. The molecule has 0 saturated heterocycles. The van der Waals surface area contributed by atoms with Gasteiger partial charge in [0.05, 0.1) is 0 Å². The van der Waals surface area contributed by atoms with Crippen LogP contribution in [0.2, 0.25) is 0 Å². The van der Waals surface area contributed by atoms with Crippen LogP contribution in [0.4, 0.5) is 20.2 Å². The number of nitrogens with one attached hydrogen (secondary N) is 1. The molecule has 2 rings (SSSR count). The molecule has 4 heteroatoms. The van der Waals surface area contributed by atoms with Gasteiger partial charge in [-0.15, -0.1) is 0 Å². The molecule has 0 fully saturated rings. The second-order valence-corrected chi connectivity index (χ2v) is 4.20. The molecule has 0 spiro atoms. The molecular weight excluding hydrogens is 234 g/mol. The van der Waals surface area contributed by atoms with Crippen molar-refractivity contribution in [2.75, 3.05) is 11.1 Å². The van der Waals surface area contributed by atoms with Crippen LogP contribution in [0.5, 0.6) is 0 Å². The molecule has 18 heavy (non-hydrogen) atoms. The van der Waals surface area contributed by atoms with Gasteiger partial charge in [-0.3, -0.25) is 0 Å². The minimum Gasteiger partial charge on any atom is -0.399 e. The van der Waals surface area contributed by atoms with Crippen LogP contribution in [-0.2, 0) is 6.54 Å². The zero-order valence-corrected chi connectivity index (χ0v) is 10.0. The molecule has 0 amide bonds. The summed E-state index contributed by atoms with van der Waals surface area (Å²) in [6.07, 6.45) is 0. The third-order valence-corrected chi connectivity index (χ3v) is 2.65. The first kappa shape index (κ1) is 12.4. The predicted molar refractivity (Wildman–Crippen MR) is 69.3 cm³/mol. The van der Waals surface area contributed by atoms with Crippen molar-refractivity contribution in [1.82, 2.24) is 0 Å². The Labute approximate surface area is 104 Å². The van der Waals surface area contributed by atoms with Crippen LogP contribution < -0.4 is 11.1 Å². The van der Waals surface area contributed by atoms with Crippen LogP contribution in [0.1, 0.15) is 11.1 Å². The SMILES string of the molecule is Cc1ccc(CNc2c(F)cc(N)cc2F)cc1. The Kier molecular flexibility index (Phi) is 3.46. The molecule has 2 aromatic carbocycles. The van der Waals surface area contributed by atoms with E-state index in [9.17, 15) is 8.78 Å². The Bertz CT molecular complexity index is 527. The lowest BCUT2D eigenvalue weighted by Gasteiger charge is -2.09. The van der Waals surface area contributed by atoms with Crippen LogP contribution in [0.3, 0.4) is 0 Å². The normalized spacial score (nSPS) is 10.4. The highest BCUT2D eigenvalue weighted by molar-refractivity contribution is 5.54. The van der Waals surface area contributed by atoms with E-state index in [1.807, 2.05) is 31.2 Å². The summed E-state index contributed by atoms with van der Waals surface area (Å²) in [6.45, 7) is 2.34. The highest BCUT2D eigenvalue weighted by atomic mass is 19.1. The summed E-state index contributed by atoms with van der Waals surface area (Å²) in [4.78, 5) is 0.